The van der Waals surface area contributed by atoms with Crippen LogP contribution in [0.3, 0.4) is 0 Å². The SMILES string of the molecule is Cc1nc(C(=O)NOCc2ccccc2)cs1. The van der Waals surface area contributed by atoms with Crippen LogP contribution in [-0.2, 0) is 11.4 Å². The van der Waals surface area contributed by atoms with Gasteiger partial charge in [-0.25, -0.2) is 10.5 Å². The van der Waals surface area contributed by atoms with Gasteiger partial charge in [0, 0.05) is 5.38 Å². The maximum Gasteiger partial charge on any atom is 0.294 e. The third kappa shape index (κ3) is 3.37. The molecule has 17 heavy (non-hydrogen) atoms. The number of hydrogen-bond acceptors (Lipinski definition) is 4. The first kappa shape index (κ1) is 11.8. The van der Waals surface area contributed by atoms with Crippen LogP contribution in [0.2, 0.25) is 0 Å². The van der Waals surface area contributed by atoms with E-state index in [2.05, 4.69) is 10.5 Å². The molecule has 0 bridgehead atoms. The zero-order valence-electron chi connectivity index (χ0n) is 9.34. The van der Waals surface area contributed by atoms with Crippen LogP contribution in [-0.4, -0.2) is 10.9 Å². The van der Waals surface area contributed by atoms with Crippen LogP contribution in [0.1, 0.15) is 21.1 Å². The molecule has 88 valence electrons. The Hall–Kier alpha value is -1.72. The van der Waals surface area contributed by atoms with Crippen molar-refractivity contribution in [2.75, 3.05) is 0 Å². The van der Waals surface area contributed by atoms with Crippen LogP contribution < -0.4 is 5.48 Å². The molecule has 0 aliphatic heterocycles. The molecule has 1 aromatic heterocycles. The van der Waals surface area contributed by atoms with Crippen molar-refractivity contribution >= 4 is 17.2 Å². The second-order valence-corrected chi connectivity index (χ2v) is 4.52. The highest BCUT2D eigenvalue weighted by Crippen LogP contribution is 2.07. The zero-order chi connectivity index (χ0) is 12.1. The van der Waals surface area contributed by atoms with Crippen molar-refractivity contribution in [3.63, 3.8) is 0 Å². The van der Waals surface area contributed by atoms with E-state index in [1.807, 2.05) is 37.3 Å². The van der Waals surface area contributed by atoms with E-state index in [1.165, 1.54) is 11.3 Å². The van der Waals surface area contributed by atoms with Gasteiger partial charge in [-0.1, -0.05) is 30.3 Å². The summed E-state index contributed by atoms with van der Waals surface area (Å²) in [4.78, 5) is 20.7. The summed E-state index contributed by atoms with van der Waals surface area (Å²) in [6, 6.07) is 9.63. The predicted octanol–water partition coefficient (Wildman–Crippen LogP) is 2.31. The largest absolute Gasteiger partial charge is 0.294 e. The first-order valence-corrected chi connectivity index (χ1v) is 6.02. The summed E-state index contributed by atoms with van der Waals surface area (Å²) in [5.74, 6) is -0.315. The first-order chi connectivity index (χ1) is 8.25. The van der Waals surface area contributed by atoms with Gasteiger partial charge in [0.05, 0.1) is 11.6 Å². The molecule has 0 fully saturated rings. The number of rotatable bonds is 4. The predicted molar refractivity (Wildman–Crippen MR) is 65.5 cm³/mol. The number of aryl methyl sites for hydroxylation is 1. The molecule has 0 saturated heterocycles. The fourth-order valence-electron chi connectivity index (χ4n) is 1.28. The lowest BCUT2D eigenvalue weighted by Gasteiger charge is -2.03. The lowest BCUT2D eigenvalue weighted by molar-refractivity contribution is 0.0230. The Kier molecular flexibility index (Phi) is 3.85. The smallest absolute Gasteiger partial charge is 0.269 e. The third-order valence-electron chi connectivity index (χ3n) is 2.10. The molecule has 0 unspecified atom stereocenters. The summed E-state index contributed by atoms with van der Waals surface area (Å²) in [6.45, 7) is 2.20. The lowest BCUT2D eigenvalue weighted by Crippen LogP contribution is -2.23. The molecule has 2 rings (SSSR count). The number of thiazole rings is 1. The van der Waals surface area contributed by atoms with Crippen LogP contribution in [0.4, 0.5) is 0 Å². The van der Waals surface area contributed by atoms with Crippen molar-refractivity contribution < 1.29 is 9.63 Å². The third-order valence-corrected chi connectivity index (χ3v) is 2.87. The molecule has 2 aromatic rings. The minimum atomic E-state index is -0.315. The monoisotopic (exact) mass is 248 g/mol. The summed E-state index contributed by atoms with van der Waals surface area (Å²) in [7, 11) is 0. The fraction of sp³-hybridized carbons (Fsp3) is 0.167. The maximum atomic E-state index is 11.6. The van der Waals surface area contributed by atoms with Crippen molar-refractivity contribution in [2.24, 2.45) is 0 Å². The molecule has 1 heterocycles. The number of amides is 1. The molecule has 0 spiro atoms. The minimum Gasteiger partial charge on any atom is -0.269 e. The van der Waals surface area contributed by atoms with Crippen LogP contribution in [0, 0.1) is 6.92 Å². The molecular formula is C12H12N2O2S. The Morgan fingerprint density at radius 1 is 1.41 bits per heavy atom. The molecular weight excluding hydrogens is 236 g/mol. The second-order valence-electron chi connectivity index (χ2n) is 3.46. The second kappa shape index (κ2) is 5.56. The summed E-state index contributed by atoms with van der Waals surface area (Å²) in [6.07, 6.45) is 0. The van der Waals surface area contributed by atoms with Gasteiger partial charge in [-0.3, -0.25) is 9.63 Å². The van der Waals surface area contributed by atoms with E-state index in [0.29, 0.717) is 12.3 Å². The van der Waals surface area contributed by atoms with Gasteiger partial charge in [0.2, 0.25) is 0 Å². The number of benzene rings is 1. The lowest BCUT2D eigenvalue weighted by atomic mass is 10.2. The topological polar surface area (TPSA) is 51.2 Å². The van der Waals surface area contributed by atoms with E-state index in [4.69, 9.17) is 4.84 Å². The van der Waals surface area contributed by atoms with E-state index in [-0.39, 0.29) is 5.91 Å². The van der Waals surface area contributed by atoms with Crippen LogP contribution >= 0.6 is 11.3 Å². The zero-order valence-corrected chi connectivity index (χ0v) is 10.2. The highest BCUT2D eigenvalue weighted by atomic mass is 32.1. The van der Waals surface area contributed by atoms with E-state index in [9.17, 15) is 4.79 Å². The van der Waals surface area contributed by atoms with Gasteiger partial charge in [-0.15, -0.1) is 11.3 Å². The van der Waals surface area contributed by atoms with Crippen LogP contribution in [0.25, 0.3) is 0 Å². The molecule has 1 N–H and O–H groups in total. The molecule has 0 aliphatic carbocycles. The van der Waals surface area contributed by atoms with E-state index in [1.54, 1.807) is 5.38 Å². The van der Waals surface area contributed by atoms with Crippen molar-refractivity contribution in [3.8, 4) is 0 Å². The van der Waals surface area contributed by atoms with Gasteiger partial charge in [-0.05, 0) is 12.5 Å². The molecule has 1 amide bonds. The Morgan fingerprint density at radius 3 is 2.82 bits per heavy atom. The van der Waals surface area contributed by atoms with Crippen molar-refractivity contribution in [3.05, 3.63) is 52.0 Å². The normalized spacial score (nSPS) is 10.2. The van der Waals surface area contributed by atoms with Gasteiger partial charge in [0.25, 0.3) is 5.91 Å². The average Bonchev–Trinajstić information content (AvgIpc) is 2.77. The average molecular weight is 248 g/mol. The Labute approximate surface area is 103 Å². The number of carbonyl (C=O) groups excluding carboxylic acids is 1. The van der Waals surface area contributed by atoms with Crippen molar-refractivity contribution in [1.82, 2.24) is 10.5 Å². The summed E-state index contributed by atoms with van der Waals surface area (Å²) in [5.41, 5.74) is 3.76. The quantitative estimate of drug-likeness (QED) is 0.845. The number of carbonyl (C=O) groups is 1. The van der Waals surface area contributed by atoms with Crippen LogP contribution in [0.5, 0.6) is 0 Å². The van der Waals surface area contributed by atoms with Gasteiger partial charge in [-0.2, -0.15) is 0 Å². The molecule has 5 heteroatoms. The van der Waals surface area contributed by atoms with Crippen molar-refractivity contribution in [2.45, 2.75) is 13.5 Å². The number of nitrogens with zero attached hydrogens (tertiary/aromatic N) is 1. The van der Waals surface area contributed by atoms with E-state index >= 15 is 0 Å². The van der Waals surface area contributed by atoms with Gasteiger partial charge < -0.3 is 0 Å². The van der Waals surface area contributed by atoms with Gasteiger partial charge >= 0.3 is 0 Å². The Balaban J connectivity index is 1.81. The molecule has 1 aromatic carbocycles. The Morgan fingerprint density at radius 2 is 2.18 bits per heavy atom. The summed E-state index contributed by atoms with van der Waals surface area (Å²) >= 11 is 1.44. The summed E-state index contributed by atoms with van der Waals surface area (Å²) in [5, 5.41) is 2.56. The number of hydroxylamine groups is 1. The van der Waals surface area contributed by atoms with Crippen LogP contribution in [0.15, 0.2) is 35.7 Å². The van der Waals surface area contributed by atoms with Gasteiger partial charge in [0.1, 0.15) is 5.69 Å². The highest BCUT2D eigenvalue weighted by Gasteiger charge is 2.08. The fourth-order valence-corrected chi connectivity index (χ4v) is 1.87. The highest BCUT2D eigenvalue weighted by molar-refractivity contribution is 7.09. The number of hydrogen-bond donors (Lipinski definition) is 1. The van der Waals surface area contributed by atoms with Gasteiger partial charge in [0.15, 0.2) is 0 Å². The number of aromatic nitrogens is 1. The molecule has 0 atom stereocenters. The van der Waals surface area contributed by atoms with Crippen molar-refractivity contribution in [1.29, 1.82) is 0 Å². The number of nitrogens with one attached hydrogen (secondary N) is 1. The van der Waals surface area contributed by atoms with E-state index < -0.39 is 0 Å². The van der Waals surface area contributed by atoms with E-state index in [0.717, 1.165) is 10.6 Å². The Bertz CT molecular complexity index is 496. The molecule has 0 radical (unpaired) electrons. The minimum absolute atomic E-state index is 0.315. The standard InChI is InChI=1S/C12H12N2O2S/c1-9-13-11(8-17-9)12(15)14-16-7-10-5-3-2-4-6-10/h2-6,8H,7H2,1H3,(H,14,15). The maximum absolute atomic E-state index is 11.6. The summed E-state index contributed by atoms with van der Waals surface area (Å²) < 4.78 is 0. The molecule has 0 aliphatic rings. The first-order valence-electron chi connectivity index (χ1n) is 5.14. The molecule has 0 saturated carbocycles. The molecule has 4 nitrogen and oxygen atoms in total.